The number of amides is 1. The van der Waals surface area contributed by atoms with Gasteiger partial charge in [-0.1, -0.05) is 36.0 Å². The number of hydrogen-bond acceptors (Lipinski definition) is 5. The number of nitrogens with one attached hydrogen (secondary N) is 1. The second kappa shape index (κ2) is 7.36. The van der Waals surface area contributed by atoms with Crippen LogP contribution in [0, 0.1) is 13.8 Å². The number of hydrogen-bond donors (Lipinski definition) is 1. The highest BCUT2D eigenvalue weighted by atomic mass is 32.2. The summed E-state index contributed by atoms with van der Waals surface area (Å²) in [5, 5.41) is 10.3. The molecular formula is C21H21N5O2S. The first kappa shape index (κ1) is 19.2. The summed E-state index contributed by atoms with van der Waals surface area (Å²) < 4.78 is 3.23. The van der Waals surface area contributed by atoms with Gasteiger partial charge in [0.2, 0.25) is 5.91 Å². The van der Waals surface area contributed by atoms with Gasteiger partial charge >= 0.3 is 0 Å². The summed E-state index contributed by atoms with van der Waals surface area (Å²) in [7, 11) is 3.52. The molecule has 4 aromatic rings. The second-order valence-electron chi connectivity index (χ2n) is 6.98. The lowest BCUT2D eigenvalue weighted by molar-refractivity contribution is -0.113. The van der Waals surface area contributed by atoms with Crippen LogP contribution < -0.4 is 10.9 Å². The van der Waals surface area contributed by atoms with Gasteiger partial charge in [0, 0.05) is 14.1 Å². The maximum Gasteiger partial charge on any atom is 0.261 e. The molecule has 148 valence electrons. The number of aromatic nitrogens is 4. The van der Waals surface area contributed by atoms with Gasteiger partial charge in [0.05, 0.1) is 33.7 Å². The Morgan fingerprint density at radius 1 is 1.14 bits per heavy atom. The minimum atomic E-state index is -0.165. The molecule has 0 aliphatic heterocycles. The maximum atomic E-state index is 12.8. The van der Waals surface area contributed by atoms with Crippen LogP contribution in [0.1, 0.15) is 11.4 Å². The van der Waals surface area contributed by atoms with E-state index in [0.29, 0.717) is 16.1 Å². The van der Waals surface area contributed by atoms with E-state index in [4.69, 9.17) is 0 Å². The fourth-order valence-corrected chi connectivity index (χ4v) is 4.10. The molecule has 2 aromatic heterocycles. The van der Waals surface area contributed by atoms with Crippen LogP contribution >= 0.6 is 11.8 Å². The summed E-state index contributed by atoms with van der Waals surface area (Å²) in [6.07, 6.45) is 0. The van der Waals surface area contributed by atoms with Crippen LogP contribution in [0.3, 0.4) is 0 Å². The van der Waals surface area contributed by atoms with Crippen LogP contribution in [0.5, 0.6) is 0 Å². The number of fused-ring (bicyclic) bond motifs is 2. The molecule has 0 unspecified atom stereocenters. The third kappa shape index (κ3) is 3.51. The Bertz CT molecular complexity index is 1320. The zero-order valence-electron chi connectivity index (χ0n) is 16.7. The first-order valence-electron chi connectivity index (χ1n) is 9.17. The average molecular weight is 407 g/mol. The van der Waals surface area contributed by atoms with Gasteiger partial charge < -0.3 is 5.32 Å². The number of carbonyl (C=O) groups excluding carboxylic acids is 1. The van der Waals surface area contributed by atoms with E-state index in [1.807, 2.05) is 57.3 Å². The number of aryl methyl sites for hydroxylation is 2. The van der Waals surface area contributed by atoms with Crippen molar-refractivity contribution in [2.45, 2.75) is 19.0 Å². The fourth-order valence-electron chi connectivity index (χ4n) is 3.33. The van der Waals surface area contributed by atoms with Gasteiger partial charge in [0.25, 0.3) is 5.56 Å². The van der Waals surface area contributed by atoms with Gasteiger partial charge in [0.1, 0.15) is 0 Å². The van der Waals surface area contributed by atoms with Crippen molar-refractivity contribution >= 4 is 45.0 Å². The summed E-state index contributed by atoms with van der Waals surface area (Å²) in [4.78, 5) is 29.9. The van der Waals surface area contributed by atoms with E-state index in [2.05, 4.69) is 15.4 Å². The third-order valence-corrected chi connectivity index (χ3v) is 6.04. The summed E-state index contributed by atoms with van der Waals surface area (Å²) in [6, 6.07) is 11.7. The zero-order chi connectivity index (χ0) is 20.7. The minimum absolute atomic E-state index is 0.123. The maximum absolute atomic E-state index is 12.8. The lowest BCUT2D eigenvalue weighted by atomic mass is 10.1. The summed E-state index contributed by atoms with van der Waals surface area (Å²) in [5.41, 5.74) is 2.90. The fraction of sp³-hybridized carbons (Fsp3) is 0.238. The quantitative estimate of drug-likeness (QED) is 0.319. The van der Waals surface area contributed by atoms with Crippen molar-refractivity contribution in [3.8, 4) is 0 Å². The van der Waals surface area contributed by atoms with Crippen LogP contribution in [0.4, 0.5) is 5.69 Å². The minimum Gasteiger partial charge on any atom is -0.322 e. The van der Waals surface area contributed by atoms with Crippen LogP contribution in [0.2, 0.25) is 0 Å². The molecule has 1 amide bonds. The van der Waals surface area contributed by atoms with Crippen LogP contribution in [-0.4, -0.2) is 31.0 Å². The molecular weight excluding hydrogens is 386 g/mol. The molecule has 4 rings (SSSR count). The van der Waals surface area contributed by atoms with E-state index >= 15 is 0 Å². The lowest BCUT2D eigenvalue weighted by Crippen LogP contribution is -2.21. The topological polar surface area (TPSA) is 81.8 Å². The normalized spacial score (nSPS) is 11.3. The summed E-state index contributed by atoms with van der Waals surface area (Å²) in [6.45, 7) is 3.76. The molecule has 0 aliphatic rings. The van der Waals surface area contributed by atoms with E-state index in [9.17, 15) is 9.59 Å². The predicted molar refractivity (Wildman–Crippen MR) is 117 cm³/mol. The molecule has 29 heavy (non-hydrogen) atoms. The van der Waals surface area contributed by atoms with E-state index in [-0.39, 0.29) is 17.2 Å². The molecule has 0 aliphatic carbocycles. The first-order chi connectivity index (χ1) is 13.8. The highest BCUT2D eigenvalue weighted by Crippen LogP contribution is 2.23. The molecule has 0 spiro atoms. The van der Waals surface area contributed by atoms with Crippen LogP contribution in [0.15, 0.2) is 46.3 Å². The van der Waals surface area contributed by atoms with E-state index in [0.717, 1.165) is 27.8 Å². The van der Waals surface area contributed by atoms with Crippen LogP contribution in [-0.2, 0) is 18.9 Å². The number of rotatable bonds is 4. The Morgan fingerprint density at radius 2 is 1.83 bits per heavy atom. The molecule has 1 N–H and O–H groups in total. The Kier molecular flexibility index (Phi) is 4.87. The Morgan fingerprint density at radius 3 is 2.48 bits per heavy atom. The first-order valence-corrected chi connectivity index (χ1v) is 10.2. The van der Waals surface area contributed by atoms with Gasteiger partial charge in [-0.25, -0.2) is 4.98 Å². The highest BCUT2D eigenvalue weighted by Gasteiger charge is 2.15. The van der Waals surface area contributed by atoms with Crippen molar-refractivity contribution in [3.63, 3.8) is 0 Å². The molecule has 2 heterocycles. The van der Waals surface area contributed by atoms with Gasteiger partial charge in [-0.2, -0.15) is 5.10 Å². The molecule has 7 nitrogen and oxygen atoms in total. The zero-order valence-corrected chi connectivity index (χ0v) is 17.5. The number of nitrogens with zero attached hydrogens (tertiary/aromatic N) is 4. The van der Waals surface area contributed by atoms with Crippen molar-refractivity contribution in [2.75, 3.05) is 11.1 Å². The molecule has 0 atom stereocenters. The Balaban J connectivity index is 1.60. The molecule has 0 saturated heterocycles. The van der Waals surface area contributed by atoms with Gasteiger partial charge in [-0.3, -0.25) is 18.8 Å². The monoisotopic (exact) mass is 407 g/mol. The lowest BCUT2D eigenvalue weighted by Gasteiger charge is -2.10. The largest absolute Gasteiger partial charge is 0.322 e. The van der Waals surface area contributed by atoms with E-state index in [1.165, 1.54) is 16.3 Å². The second-order valence-corrected chi connectivity index (χ2v) is 7.92. The van der Waals surface area contributed by atoms with Crippen molar-refractivity contribution in [1.82, 2.24) is 19.3 Å². The standard InChI is InChI=1S/C21H21N5O2S/c1-12-19(13(2)26(4)24-12)23-18(27)11-29-21-22-17-10-15-8-6-5-7-14(15)9-16(17)20(28)25(21)3/h5-10H,11H2,1-4H3,(H,23,27). The smallest absolute Gasteiger partial charge is 0.261 e. The summed E-state index contributed by atoms with van der Waals surface area (Å²) >= 11 is 1.24. The number of anilines is 1. The van der Waals surface area contributed by atoms with Gasteiger partial charge in [-0.05, 0) is 36.8 Å². The molecule has 0 radical (unpaired) electrons. The predicted octanol–water partition coefficient (Wildman–Crippen LogP) is 3.17. The van der Waals surface area contributed by atoms with Crippen LogP contribution in [0.25, 0.3) is 21.7 Å². The van der Waals surface area contributed by atoms with Crippen molar-refractivity contribution in [1.29, 1.82) is 0 Å². The highest BCUT2D eigenvalue weighted by molar-refractivity contribution is 7.99. The Hall–Kier alpha value is -3.13. The number of thioether (sulfide) groups is 1. The molecule has 0 bridgehead atoms. The van der Waals surface area contributed by atoms with Gasteiger partial charge in [-0.15, -0.1) is 0 Å². The summed E-state index contributed by atoms with van der Waals surface area (Å²) in [5.74, 6) is -0.0188. The molecule has 0 fully saturated rings. The van der Waals surface area contributed by atoms with E-state index < -0.39 is 0 Å². The van der Waals surface area contributed by atoms with Crippen molar-refractivity contribution in [2.24, 2.45) is 14.1 Å². The average Bonchev–Trinajstić information content (AvgIpc) is 2.94. The van der Waals surface area contributed by atoms with Crippen molar-refractivity contribution < 1.29 is 4.79 Å². The van der Waals surface area contributed by atoms with Crippen molar-refractivity contribution in [3.05, 3.63) is 58.1 Å². The molecule has 0 saturated carbocycles. The van der Waals surface area contributed by atoms with E-state index in [1.54, 1.807) is 11.7 Å². The molecule has 8 heteroatoms. The Labute approximate surface area is 171 Å². The van der Waals surface area contributed by atoms with Gasteiger partial charge in [0.15, 0.2) is 5.16 Å². The number of benzene rings is 2. The third-order valence-electron chi connectivity index (χ3n) is 5.01. The SMILES string of the molecule is Cc1nn(C)c(C)c1NC(=O)CSc1nc2cc3ccccc3cc2c(=O)n1C. The molecule has 2 aromatic carbocycles. The number of carbonyl (C=O) groups is 1.